The molecule has 17 nitrogen and oxygen atoms in total. The molecule has 29 heavy (non-hydrogen) atoms. The van der Waals surface area contributed by atoms with E-state index in [1.807, 2.05) is 0 Å². The SMILES string of the molecule is CNCC(O)c1ccc(O)c(O)c1.O.O=[N+]([O-])OCC(CO[N+](=O)[O-])O[N+](=O)[O-]. The van der Waals surface area contributed by atoms with Gasteiger partial charge in [-0.05, 0) is 24.7 Å². The van der Waals surface area contributed by atoms with Crippen molar-refractivity contribution >= 4 is 0 Å². The van der Waals surface area contributed by atoms with Crippen molar-refractivity contribution in [3.63, 3.8) is 0 Å². The van der Waals surface area contributed by atoms with Gasteiger partial charge in [0.2, 0.25) is 0 Å². The van der Waals surface area contributed by atoms with Gasteiger partial charge in [-0.1, -0.05) is 6.07 Å². The number of phenols is 2. The van der Waals surface area contributed by atoms with Gasteiger partial charge >= 0.3 is 0 Å². The topological polar surface area (TPSA) is 261 Å². The van der Waals surface area contributed by atoms with Crippen molar-refractivity contribution in [1.29, 1.82) is 0 Å². The maximum Gasteiger partial charge on any atom is 0.294 e. The van der Waals surface area contributed by atoms with Crippen molar-refractivity contribution in [3.8, 4) is 11.5 Å². The Morgan fingerprint density at radius 3 is 1.90 bits per heavy atom. The van der Waals surface area contributed by atoms with Crippen molar-refractivity contribution in [2.75, 3.05) is 26.8 Å². The second-order valence-corrected chi connectivity index (χ2v) is 4.81. The normalized spacial score (nSPS) is 10.6. The number of aromatic hydroxyl groups is 2. The van der Waals surface area contributed by atoms with Crippen molar-refractivity contribution in [3.05, 3.63) is 54.1 Å². The molecule has 1 aromatic rings. The molecular weight excluding hydrogens is 408 g/mol. The average molecular weight is 428 g/mol. The van der Waals surface area contributed by atoms with Crippen LogP contribution in [0.5, 0.6) is 11.5 Å². The molecule has 17 heteroatoms. The number of hydrogen-bond donors (Lipinski definition) is 4. The van der Waals surface area contributed by atoms with Crippen molar-refractivity contribution in [2.24, 2.45) is 0 Å². The lowest BCUT2D eigenvalue weighted by Gasteiger charge is -2.11. The van der Waals surface area contributed by atoms with E-state index < -0.39 is 40.7 Å². The van der Waals surface area contributed by atoms with Gasteiger partial charge in [-0.2, -0.15) is 0 Å². The van der Waals surface area contributed by atoms with Crippen molar-refractivity contribution in [1.82, 2.24) is 5.32 Å². The molecule has 0 fully saturated rings. The van der Waals surface area contributed by atoms with Gasteiger partial charge < -0.3 is 40.6 Å². The molecule has 0 radical (unpaired) electrons. The van der Waals surface area contributed by atoms with E-state index in [2.05, 4.69) is 19.8 Å². The van der Waals surface area contributed by atoms with E-state index in [1.165, 1.54) is 12.1 Å². The third-order valence-corrected chi connectivity index (χ3v) is 2.75. The van der Waals surface area contributed by atoms with Gasteiger partial charge in [-0.15, -0.1) is 30.3 Å². The van der Waals surface area contributed by atoms with Crippen LogP contribution >= 0.6 is 0 Å². The molecule has 0 saturated carbocycles. The smallest absolute Gasteiger partial charge is 0.294 e. The summed E-state index contributed by atoms with van der Waals surface area (Å²) in [5.74, 6) is -0.395. The van der Waals surface area contributed by atoms with Crippen molar-refractivity contribution in [2.45, 2.75) is 12.2 Å². The van der Waals surface area contributed by atoms with Crippen LogP contribution in [0, 0.1) is 30.3 Å². The van der Waals surface area contributed by atoms with Crippen LogP contribution in [0.25, 0.3) is 0 Å². The first-order valence-corrected chi connectivity index (χ1v) is 7.27. The Morgan fingerprint density at radius 1 is 1.00 bits per heavy atom. The molecule has 0 amide bonds. The monoisotopic (exact) mass is 428 g/mol. The molecule has 0 aliphatic heterocycles. The maximum atomic E-state index is 9.83. The molecule has 0 aliphatic rings. The van der Waals surface area contributed by atoms with Gasteiger partial charge in [0.25, 0.3) is 15.3 Å². The highest BCUT2D eigenvalue weighted by Gasteiger charge is 2.17. The fraction of sp³-hybridized carbons (Fsp3) is 0.500. The second-order valence-electron chi connectivity index (χ2n) is 4.81. The minimum Gasteiger partial charge on any atom is -0.504 e. The first kappa shape index (κ1) is 27.5. The highest BCUT2D eigenvalue weighted by atomic mass is 17.0. The molecule has 0 spiro atoms. The molecule has 1 atom stereocenters. The fourth-order valence-electron chi connectivity index (χ4n) is 1.58. The molecule has 1 aromatic carbocycles. The average Bonchev–Trinajstić information content (AvgIpc) is 2.60. The van der Waals surface area contributed by atoms with E-state index in [0.717, 1.165) is 0 Å². The van der Waals surface area contributed by atoms with Gasteiger partial charge in [0.1, 0.15) is 13.2 Å². The van der Waals surface area contributed by atoms with E-state index in [9.17, 15) is 35.4 Å². The van der Waals surface area contributed by atoms with Crippen LogP contribution < -0.4 is 5.32 Å². The Labute approximate surface area is 161 Å². The van der Waals surface area contributed by atoms with E-state index in [0.29, 0.717) is 12.1 Å². The van der Waals surface area contributed by atoms with Crippen LogP contribution in [0.2, 0.25) is 0 Å². The quantitative estimate of drug-likeness (QED) is 0.178. The number of likely N-dealkylation sites (N-methyl/N-ethyl adjacent to an activating group) is 1. The zero-order valence-corrected chi connectivity index (χ0v) is 14.9. The third-order valence-electron chi connectivity index (χ3n) is 2.75. The Kier molecular flexibility index (Phi) is 13.6. The summed E-state index contributed by atoms with van der Waals surface area (Å²) >= 11 is 0. The van der Waals surface area contributed by atoms with E-state index in [-0.39, 0.29) is 17.0 Å². The zero-order valence-electron chi connectivity index (χ0n) is 14.9. The molecule has 0 saturated heterocycles. The van der Waals surface area contributed by atoms with Crippen molar-refractivity contribution < 1.29 is 50.6 Å². The summed E-state index contributed by atoms with van der Waals surface area (Å²) in [5, 5.41) is 56.0. The predicted octanol–water partition coefficient (Wildman–Crippen LogP) is -1.49. The Hall–Kier alpha value is -3.70. The first-order chi connectivity index (χ1) is 13.1. The summed E-state index contributed by atoms with van der Waals surface area (Å²) in [5.41, 5.74) is 0.574. The molecule has 0 aliphatic carbocycles. The largest absolute Gasteiger partial charge is 0.504 e. The number of hydrogen-bond acceptors (Lipinski definition) is 13. The number of nitrogens with one attached hydrogen (secondary N) is 1. The standard InChI is InChI=1S/C9H13NO3.C3H5N3O9.H2O/c1-10-5-9(13)6-2-3-7(11)8(12)4-6;7-4(8)13-1-3(15-6(11)12)2-14-5(9)10;/h2-4,9-13H,5H2,1H3;3H,1-2H2;1H2. The summed E-state index contributed by atoms with van der Waals surface area (Å²) in [4.78, 5) is 40.5. The van der Waals surface area contributed by atoms with E-state index in [1.54, 1.807) is 13.1 Å². The summed E-state index contributed by atoms with van der Waals surface area (Å²) in [6, 6.07) is 4.26. The van der Waals surface area contributed by atoms with Crippen LogP contribution in [0.3, 0.4) is 0 Å². The number of aliphatic hydroxyl groups excluding tert-OH is 1. The van der Waals surface area contributed by atoms with Crippen LogP contribution in [0.1, 0.15) is 11.7 Å². The number of aliphatic hydroxyl groups is 1. The molecule has 1 rings (SSSR count). The summed E-state index contributed by atoms with van der Waals surface area (Å²) in [6.07, 6.45) is -2.22. The fourth-order valence-corrected chi connectivity index (χ4v) is 1.58. The third kappa shape index (κ3) is 13.2. The number of rotatable bonds is 11. The minimum atomic E-state index is -1.55. The van der Waals surface area contributed by atoms with Crippen LogP contribution in [0.4, 0.5) is 0 Å². The van der Waals surface area contributed by atoms with Gasteiger partial charge in [0.15, 0.2) is 17.6 Å². The minimum absolute atomic E-state index is 0. The molecule has 0 heterocycles. The van der Waals surface area contributed by atoms with E-state index >= 15 is 0 Å². The summed E-state index contributed by atoms with van der Waals surface area (Å²) in [7, 11) is 1.73. The van der Waals surface area contributed by atoms with Gasteiger partial charge in [-0.25, -0.2) is 0 Å². The first-order valence-electron chi connectivity index (χ1n) is 7.27. The molecule has 0 bridgehead atoms. The summed E-state index contributed by atoms with van der Waals surface area (Å²) in [6.45, 7) is -1.28. The predicted molar refractivity (Wildman–Crippen MR) is 90.0 cm³/mol. The Bertz CT molecular complexity index is 641. The van der Waals surface area contributed by atoms with Crippen LogP contribution in [-0.2, 0) is 14.5 Å². The second kappa shape index (κ2) is 14.4. The molecule has 6 N–H and O–H groups in total. The lowest BCUT2D eigenvalue weighted by atomic mass is 10.1. The maximum absolute atomic E-state index is 9.83. The van der Waals surface area contributed by atoms with Gasteiger partial charge in [-0.3, -0.25) is 0 Å². The molecule has 166 valence electrons. The lowest BCUT2D eigenvalue weighted by molar-refractivity contribution is -0.803. The lowest BCUT2D eigenvalue weighted by Crippen LogP contribution is -2.30. The highest BCUT2D eigenvalue weighted by Crippen LogP contribution is 2.27. The number of benzene rings is 1. The number of phenolic OH excluding ortho intramolecular Hbond substituents is 2. The van der Waals surface area contributed by atoms with Crippen LogP contribution in [-0.4, -0.2) is 69.0 Å². The van der Waals surface area contributed by atoms with E-state index in [4.69, 9.17) is 10.2 Å². The highest BCUT2D eigenvalue weighted by molar-refractivity contribution is 5.41. The Balaban J connectivity index is 0. The molecular formula is C12H20N4O13. The van der Waals surface area contributed by atoms with Gasteiger partial charge in [0, 0.05) is 6.54 Å². The number of nitrogens with zero attached hydrogens (tertiary/aromatic N) is 3. The Morgan fingerprint density at radius 2 is 1.52 bits per heavy atom. The van der Waals surface area contributed by atoms with Crippen LogP contribution in [0.15, 0.2) is 18.2 Å². The van der Waals surface area contributed by atoms with Gasteiger partial charge in [0.05, 0.1) is 6.10 Å². The zero-order chi connectivity index (χ0) is 21.7. The molecule has 1 unspecified atom stereocenters. The summed E-state index contributed by atoms with van der Waals surface area (Å²) < 4.78 is 0. The molecule has 0 aromatic heterocycles.